The highest BCUT2D eigenvalue weighted by molar-refractivity contribution is 5.88. The molecule has 0 saturated heterocycles. The molecule has 0 fully saturated rings. The number of allylic oxidation sites excluding steroid dienone is 1. The maximum atomic E-state index is 10.9. The van der Waals surface area contributed by atoms with Crippen molar-refractivity contribution < 1.29 is 9.34 Å². The summed E-state index contributed by atoms with van der Waals surface area (Å²) in [6.07, 6.45) is 5.15. The summed E-state index contributed by atoms with van der Waals surface area (Å²) in [5, 5.41) is 13.2. The Bertz CT molecular complexity index is 1520. The third kappa shape index (κ3) is 4.02. The van der Waals surface area contributed by atoms with Gasteiger partial charge in [0.25, 0.3) is 5.69 Å². The summed E-state index contributed by atoms with van der Waals surface area (Å²) in [4.78, 5) is 19.5. The molecule has 1 aromatic heterocycles. The van der Waals surface area contributed by atoms with Crippen molar-refractivity contribution in [2.75, 3.05) is 0 Å². The van der Waals surface area contributed by atoms with Gasteiger partial charge in [0.05, 0.1) is 10.6 Å². The van der Waals surface area contributed by atoms with Crippen molar-refractivity contribution in [1.82, 2.24) is 4.98 Å². The maximum absolute atomic E-state index is 10.9. The highest BCUT2D eigenvalue weighted by Crippen LogP contribution is 2.29. The van der Waals surface area contributed by atoms with Crippen LogP contribution in [0.25, 0.3) is 39.4 Å². The van der Waals surface area contributed by atoms with E-state index in [0.29, 0.717) is 11.5 Å². The topological polar surface area (TPSA) is 81.5 Å². The number of nitro groups is 1. The number of nitro benzene ring substituents is 1. The first-order valence-corrected chi connectivity index (χ1v) is 10.0. The van der Waals surface area contributed by atoms with Crippen molar-refractivity contribution in [2.45, 2.75) is 0 Å². The molecule has 0 saturated carbocycles. The van der Waals surface area contributed by atoms with E-state index in [1.807, 2.05) is 36.4 Å². The van der Waals surface area contributed by atoms with Crippen LogP contribution >= 0.6 is 0 Å². The summed E-state index contributed by atoms with van der Waals surface area (Å²) >= 11 is 0. The highest BCUT2D eigenvalue weighted by Gasteiger charge is 2.09. The Kier molecular flexibility index (Phi) is 5.01. The second-order valence-corrected chi connectivity index (χ2v) is 7.22. The van der Waals surface area contributed by atoms with E-state index in [1.54, 1.807) is 30.5 Å². The van der Waals surface area contributed by atoms with Crippen molar-refractivity contribution in [2.24, 2.45) is 4.99 Å². The summed E-state index contributed by atoms with van der Waals surface area (Å²) < 4.78 is 5.94. The second-order valence-electron chi connectivity index (χ2n) is 7.22. The highest BCUT2D eigenvalue weighted by atomic mass is 16.6. The van der Waals surface area contributed by atoms with E-state index in [2.05, 4.69) is 34.2 Å². The number of nitrogens with zero attached hydrogens (tertiary/aromatic N) is 3. The van der Waals surface area contributed by atoms with Crippen molar-refractivity contribution in [3.05, 3.63) is 107 Å². The lowest BCUT2D eigenvalue weighted by atomic mass is 10.1. The van der Waals surface area contributed by atoms with Crippen LogP contribution in [0.4, 0.5) is 11.4 Å². The quantitative estimate of drug-likeness (QED) is 0.175. The van der Waals surface area contributed by atoms with Crippen LogP contribution in [0.1, 0.15) is 5.56 Å². The van der Waals surface area contributed by atoms with Gasteiger partial charge in [-0.3, -0.25) is 15.1 Å². The number of benzene rings is 4. The minimum Gasteiger partial charge on any atom is -0.436 e. The first kappa shape index (κ1) is 19.4. The lowest BCUT2D eigenvalue weighted by molar-refractivity contribution is -0.384. The molecule has 0 spiro atoms. The number of hydrogen-bond donors (Lipinski definition) is 0. The Morgan fingerprint density at radius 1 is 0.906 bits per heavy atom. The van der Waals surface area contributed by atoms with Crippen molar-refractivity contribution in [1.29, 1.82) is 0 Å². The summed E-state index contributed by atoms with van der Waals surface area (Å²) in [6.45, 7) is 0. The van der Waals surface area contributed by atoms with Gasteiger partial charge in [-0.05, 0) is 52.7 Å². The molecular formula is C26H17N3O3. The summed E-state index contributed by atoms with van der Waals surface area (Å²) in [5.74, 6) is 0.567. The largest absolute Gasteiger partial charge is 0.436 e. The standard InChI is InChI=1S/C26H17N3O3/c30-29(31)23-9-3-5-18(15-23)6-4-14-27-22-12-13-25-24(17-22)28-26(32-25)21-11-10-19-7-1-2-8-20(19)16-21/h1-17H. The molecular weight excluding hydrogens is 402 g/mol. The van der Waals surface area contributed by atoms with E-state index in [4.69, 9.17) is 4.42 Å². The van der Waals surface area contributed by atoms with E-state index < -0.39 is 4.92 Å². The number of aliphatic imine (C=N–C) groups is 1. The van der Waals surface area contributed by atoms with Crippen LogP contribution in [-0.2, 0) is 0 Å². The third-order valence-corrected chi connectivity index (χ3v) is 5.05. The molecule has 0 aliphatic carbocycles. The van der Waals surface area contributed by atoms with Crippen LogP contribution in [0.15, 0.2) is 100 Å². The molecule has 5 aromatic rings. The molecule has 0 N–H and O–H groups in total. The Morgan fingerprint density at radius 2 is 1.78 bits per heavy atom. The second kappa shape index (κ2) is 8.28. The van der Waals surface area contributed by atoms with Crippen LogP contribution < -0.4 is 0 Å². The predicted molar refractivity (Wildman–Crippen MR) is 127 cm³/mol. The molecule has 4 aromatic carbocycles. The normalized spacial score (nSPS) is 11.8. The van der Waals surface area contributed by atoms with Crippen molar-refractivity contribution in [3.63, 3.8) is 0 Å². The molecule has 6 heteroatoms. The molecule has 1 heterocycles. The monoisotopic (exact) mass is 419 g/mol. The van der Waals surface area contributed by atoms with Gasteiger partial charge >= 0.3 is 0 Å². The molecule has 0 aliphatic rings. The fraction of sp³-hybridized carbons (Fsp3) is 0. The molecule has 154 valence electrons. The molecule has 0 amide bonds. The molecule has 0 radical (unpaired) electrons. The first-order valence-electron chi connectivity index (χ1n) is 10.0. The summed E-state index contributed by atoms with van der Waals surface area (Å²) in [6, 6.07) is 26.3. The average molecular weight is 419 g/mol. The van der Waals surface area contributed by atoms with Gasteiger partial charge in [0.1, 0.15) is 5.52 Å². The third-order valence-electron chi connectivity index (χ3n) is 5.05. The van der Waals surface area contributed by atoms with Gasteiger partial charge in [-0.25, -0.2) is 4.98 Å². The number of non-ortho nitro benzene ring substituents is 1. The molecule has 6 nitrogen and oxygen atoms in total. The van der Waals surface area contributed by atoms with E-state index in [-0.39, 0.29) is 5.69 Å². The molecule has 5 rings (SSSR count). The van der Waals surface area contributed by atoms with Crippen LogP contribution in [0.3, 0.4) is 0 Å². The molecule has 0 bridgehead atoms. The van der Waals surface area contributed by atoms with Crippen LogP contribution in [0.5, 0.6) is 0 Å². The fourth-order valence-corrected chi connectivity index (χ4v) is 3.47. The zero-order chi connectivity index (χ0) is 21.9. The smallest absolute Gasteiger partial charge is 0.270 e. The van der Waals surface area contributed by atoms with E-state index >= 15 is 0 Å². The molecule has 0 unspecified atom stereocenters. The fourth-order valence-electron chi connectivity index (χ4n) is 3.47. The number of rotatable bonds is 5. The summed E-state index contributed by atoms with van der Waals surface area (Å²) in [5.41, 5.74) is 3.87. The van der Waals surface area contributed by atoms with Gasteiger partial charge in [-0.2, -0.15) is 0 Å². The number of aromatic nitrogens is 1. The minimum absolute atomic E-state index is 0.0581. The Labute approximate surface area is 183 Å². The Balaban J connectivity index is 1.36. The van der Waals surface area contributed by atoms with Gasteiger partial charge < -0.3 is 4.42 Å². The van der Waals surface area contributed by atoms with Gasteiger partial charge in [0, 0.05) is 23.9 Å². The zero-order valence-corrected chi connectivity index (χ0v) is 16.9. The Morgan fingerprint density at radius 3 is 2.66 bits per heavy atom. The minimum atomic E-state index is -0.412. The lowest BCUT2D eigenvalue weighted by Crippen LogP contribution is -1.87. The van der Waals surface area contributed by atoms with Crippen molar-refractivity contribution >= 4 is 45.5 Å². The van der Waals surface area contributed by atoms with Crippen molar-refractivity contribution in [3.8, 4) is 11.5 Å². The Hall–Kier alpha value is -4.58. The molecule has 32 heavy (non-hydrogen) atoms. The lowest BCUT2D eigenvalue weighted by Gasteiger charge is -1.99. The molecule has 0 aliphatic heterocycles. The van der Waals surface area contributed by atoms with E-state index in [9.17, 15) is 10.1 Å². The number of oxazole rings is 1. The van der Waals surface area contributed by atoms with E-state index in [1.165, 1.54) is 17.5 Å². The van der Waals surface area contributed by atoms with Gasteiger partial charge in [0.2, 0.25) is 5.89 Å². The van der Waals surface area contributed by atoms with Gasteiger partial charge in [0.15, 0.2) is 5.58 Å². The van der Waals surface area contributed by atoms with Crippen LogP contribution in [0, 0.1) is 10.1 Å². The van der Waals surface area contributed by atoms with Gasteiger partial charge in [-0.1, -0.05) is 48.5 Å². The average Bonchev–Trinajstić information content (AvgIpc) is 3.25. The number of fused-ring (bicyclic) bond motifs is 2. The van der Waals surface area contributed by atoms with Crippen LogP contribution in [0.2, 0.25) is 0 Å². The van der Waals surface area contributed by atoms with Gasteiger partial charge in [-0.15, -0.1) is 0 Å². The maximum Gasteiger partial charge on any atom is 0.270 e. The SMILES string of the molecule is O=[N+]([O-])c1cccc(C=CC=Nc2ccc3oc(-c4ccc5ccccc5c4)nc3c2)c1. The predicted octanol–water partition coefficient (Wildman–Crippen LogP) is 6.97. The summed E-state index contributed by atoms with van der Waals surface area (Å²) in [7, 11) is 0. The first-order chi connectivity index (χ1) is 15.7. The van der Waals surface area contributed by atoms with E-state index in [0.717, 1.165) is 27.7 Å². The number of hydrogen-bond acceptors (Lipinski definition) is 5. The molecule has 0 atom stereocenters. The van der Waals surface area contributed by atoms with Crippen LogP contribution in [-0.4, -0.2) is 16.1 Å². The zero-order valence-electron chi connectivity index (χ0n) is 16.9.